The lowest BCUT2D eigenvalue weighted by Gasteiger charge is -2.31. The quantitative estimate of drug-likeness (QED) is 0.902. The van der Waals surface area contributed by atoms with Crippen molar-refractivity contribution in [2.45, 2.75) is 51.0 Å². The van der Waals surface area contributed by atoms with Gasteiger partial charge >= 0.3 is 0 Å². The van der Waals surface area contributed by atoms with Gasteiger partial charge in [0.1, 0.15) is 0 Å². The van der Waals surface area contributed by atoms with E-state index < -0.39 is 0 Å². The van der Waals surface area contributed by atoms with Crippen LogP contribution < -0.4 is 4.90 Å². The first-order valence-electron chi connectivity index (χ1n) is 10.5. The molecule has 1 atom stereocenters. The van der Waals surface area contributed by atoms with Gasteiger partial charge in [-0.1, -0.05) is 25.3 Å². The molecule has 2 fully saturated rings. The molecule has 1 unspecified atom stereocenters. The Morgan fingerprint density at radius 2 is 1.96 bits per heavy atom. The van der Waals surface area contributed by atoms with E-state index in [4.69, 9.17) is 0 Å². The molecule has 1 aliphatic carbocycles. The lowest BCUT2D eigenvalue weighted by atomic mass is 9.94. The summed E-state index contributed by atoms with van der Waals surface area (Å²) in [6.45, 7) is 5.07. The Labute approximate surface area is 156 Å². The second-order valence-corrected chi connectivity index (χ2v) is 8.47. The molecule has 0 bridgehead atoms. The number of rotatable bonds is 4. The van der Waals surface area contributed by atoms with E-state index in [1.54, 1.807) is 0 Å². The number of aromatic amines is 1. The maximum atomic E-state index is 4.08. The molecule has 138 valence electrons. The molecule has 4 heteroatoms. The van der Waals surface area contributed by atoms with Gasteiger partial charge in [-0.05, 0) is 61.4 Å². The van der Waals surface area contributed by atoms with Crippen LogP contribution in [0.4, 0.5) is 5.69 Å². The van der Waals surface area contributed by atoms with E-state index in [0.29, 0.717) is 0 Å². The number of H-pyrrole nitrogens is 1. The minimum absolute atomic E-state index is 0.844. The molecule has 2 aliphatic heterocycles. The van der Waals surface area contributed by atoms with Crippen molar-refractivity contribution in [3.63, 3.8) is 0 Å². The number of fused-ring (bicyclic) bond motifs is 1. The normalized spacial score (nSPS) is 24.3. The van der Waals surface area contributed by atoms with Crippen molar-refractivity contribution in [2.24, 2.45) is 5.92 Å². The Balaban J connectivity index is 1.23. The first-order valence-corrected chi connectivity index (χ1v) is 10.5. The van der Waals surface area contributed by atoms with Crippen molar-refractivity contribution in [3.05, 3.63) is 36.2 Å². The van der Waals surface area contributed by atoms with Crippen LogP contribution >= 0.6 is 0 Å². The number of benzene rings is 1. The van der Waals surface area contributed by atoms with Gasteiger partial charge in [0.25, 0.3) is 0 Å². The number of anilines is 1. The van der Waals surface area contributed by atoms with Crippen LogP contribution in [0.1, 0.15) is 44.1 Å². The second kappa shape index (κ2) is 7.07. The summed E-state index contributed by atoms with van der Waals surface area (Å²) in [5.74, 6) is 0.844. The number of nitrogens with one attached hydrogen (secondary N) is 1. The maximum absolute atomic E-state index is 4.08. The minimum atomic E-state index is 0.844. The molecule has 1 N–H and O–H groups in total. The summed E-state index contributed by atoms with van der Waals surface area (Å²) in [6, 6.07) is 7.84. The van der Waals surface area contributed by atoms with Crippen LogP contribution in [0.15, 0.2) is 30.6 Å². The summed E-state index contributed by atoms with van der Waals surface area (Å²) in [6.07, 6.45) is 13.7. The van der Waals surface area contributed by atoms with E-state index >= 15 is 0 Å². The molecule has 3 aliphatic rings. The fourth-order valence-electron chi connectivity index (χ4n) is 5.35. The van der Waals surface area contributed by atoms with Crippen LogP contribution in [0.25, 0.3) is 11.1 Å². The van der Waals surface area contributed by atoms with E-state index in [9.17, 15) is 0 Å². The first-order chi connectivity index (χ1) is 12.9. The largest absolute Gasteiger partial charge is 0.371 e. The average Bonchev–Trinajstić information content (AvgIpc) is 3.44. The standard InChI is InChI=1S/C22H30N4/c1-2-4-21(5-3-1)25-10-8-17(15-25)16-26-11-9-19-12-18(6-7-22(19)26)20-13-23-24-14-20/h6-7,12-14,17,21H,1-5,8-11,15-16H2,(H,23,24). The SMILES string of the molecule is c1cc2c(cc1-c1cn[nH]c1)CCN2CC1CCN(C2CCCCC2)C1. The highest BCUT2D eigenvalue weighted by Crippen LogP contribution is 2.34. The predicted octanol–water partition coefficient (Wildman–Crippen LogP) is 4.09. The topological polar surface area (TPSA) is 35.2 Å². The van der Waals surface area contributed by atoms with E-state index in [0.717, 1.165) is 12.0 Å². The summed E-state index contributed by atoms with van der Waals surface area (Å²) in [5.41, 5.74) is 5.44. The molecule has 0 radical (unpaired) electrons. The summed E-state index contributed by atoms with van der Waals surface area (Å²) >= 11 is 0. The van der Waals surface area contributed by atoms with E-state index in [-0.39, 0.29) is 0 Å². The third kappa shape index (κ3) is 3.16. The fourth-order valence-corrected chi connectivity index (χ4v) is 5.35. The Hall–Kier alpha value is -1.81. The molecule has 4 nitrogen and oxygen atoms in total. The smallest absolute Gasteiger partial charge is 0.0565 e. The van der Waals surface area contributed by atoms with Gasteiger partial charge < -0.3 is 9.80 Å². The molecule has 0 spiro atoms. The third-order valence-electron chi connectivity index (χ3n) is 6.79. The summed E-state index contributed by atoms with van der Waals surface area (Å²) in [4.78, 5) is 5.45. The monoisotopic (exact) mass is 350 g/mol. The fraction of sp³-hybridized carbons (Fsp3) is 0.591. The van der Waals surface area contributed by atoms with Crippen molar-refractivity contribution < 1.29 is 0 Å². The van der Waals surface area contributed by atoms with Gasteiger partial charge in [-0.2, -0.15) is 5.10 Å². The minimum Gasteiger partial charge on any atom is -0.371 e. The Bertz CT molecular complexity index is 733. The second-order valence-electron chi connectivity index (χ2n) is 8.47. The van der Waals surface area contributed by atoms with Crippen LogP contribution in [-0.2, 0) is 6.42 Å². The molecular weight excluding hydrogens is 320 g/mol. The summed E-state index contributed by atoms with van der Waals surface area (Å²) < 4.78 is 0. The predicted molar refractivity (Wildman–Crippen MR) is 106 cm³/mol. The molecule has 5 rings (SSSR count). The zero-order chi connectivity index (χ0) is 17.3. The highest BCUT2D eigenvalue weighted by Gasteiger charge is 2.31. The maximum Gasteiger partial charge on any atom is 0.0565 e. The summed E-state index contributed by atoms with van der Waals surface area (Å²) in [5, 5.41) is 7.00. The van der Waals surface area contributed by atoms with Crippen LogP contribution in [0.5, 0.6) is 0 Å². The molecule has 26 heavy (non-hydrogen) atoms. The number of hydrogen-bond donors (Lipinski definition) is 1. The number of hydrogen-bond acceptors (Lipinski definition) is 3. The zero-order valence-corrected chi connectivity index (χ0v) is 15.7. The van der Waals surface area contributed by atoms with Crippen molar-refractivity contribution in [1.29, 1.82) is 0 Å². The van der Waals surface area contributed by atoms with E-state index in [1.165, 1.54) is 93.5 Å². The molecule has 3 heterocycles. The van der Waals surface area contributed by atoms with Crippen molar-refractivity contribution in [1.82, 2.24) is 15.1 Å². The van der Waals surface area contributed by atoms with Crippen LogP contribution in [0.3, 0.4) is 0 Å². The zero-order valence-electron chi connectivity index (χ0n) is 15.7. The van der Waals surface area contributed by atoms with Crippen LogP contribution in [-0.4, -0.2) is 47.3 Å². The van der Waals surface area contributed by atoms with Crippen LogP contribution in [0, 0.1) is 5.92 Å². The average molecular weight is 351 g/mol. The molecule has 0 amide bonds. The van der Waals surface area contributed by atoms with Crippen LogP contribution in [0.2, 0.25) is 0 Å². The van der Waals surface area contributed by atoms with Gasteiger partial charge in [0.2, 0.25) is 0 Å². The Kier molecular flexibility index (Phi) is 4.45. The lowest BCUT2D eigenvalue weighted by molar-refractivity contribution is 0.185. The molecule has 1 saturated carbocycles. The van der Waals surface area contributed by atoms with E-state index in [1.807, 2.05) is 12.4 Å². The molecule has 1 aromatic carbocycles. The molecule has 1 aromatic heterocycles. The summed E-state index contributed by atoms with van der Waals surface area (Å²) in [7, 11) is 0. The highest BCUT2D eigenvalue weighted by atomic mass is 15.2. The molecule has 1 saturated heterocycles. The van der Waals surface area contributed by atoms with Crippen molar-refractivity contribution >= 4 is 5.69 Å². The van der Waals surface area contributed by atoms with Crippen molar-refractivity contribution in [2.75, 3.05) is 31.1 Å². The number of aromatic nitrogens is 2. The van der Waals surface area contributed by atoms with Gasteiger partial charge in [0.15, 0.2) is 0 Å². The number of nitrogens with zero attached hydrogens (tertiary/aromatic N) is 3. The highest BCUT2D eigenvalue weighted by molar-refractivity contribution is 5.69. The van der Waals surface area contributed by atoms with Crippen molar-refractivity contribution in [3.8, 4) is 11.1 Å². The first kappa shape index (κ1) is 16.4. The van der Waals surface area contributed by atoms with Gasteiger partial charge in [-0.25, -0.2) is 0 Å². The lowest BCUT2D eigenvalue weighted by Crippen LogP contribution is -2.36. The Morgan fingerprint density at radius 1 is 1.04 bits per heavy atom. The van der Waals surface area contributed by atoms with E-state index in [2.05, 4.69) is 38.2 Å². The Morgan fingerprint density at radius 3 is 2.81 bits per heavy atom. The third-order valence-corrected chi connectivity index (χ3v) is 6.79. The van der Waals surface area contributed by atoms with Gasteiger partial charge in [-0.3, -0.25) is 5.10 Å². The number of likely N-dealkylation sites (tertiary alicyclic amines) is 1. The van der Waals surface area contributed by atoms with Gasteiger partial charge in [-0.15, -0.1) is 0 Å². The molecular formula is C22H30N4. The van der Waals surface area contributed by atoms with Gasteiger partial charge in [0, 0.05) is 43.1 Å². The van der Waals surface area contributed by atoms with Gasteiger partial charge in [0.05, 0.1) is 6.20 Å². The molecule has 2 aromatic rings.